The van der Waals surface area contributed by atoms with Crippen LogP contribution in [0.2, 0.25) is 0 Å². The molecule has 16 heavy (non-hydrogen) atoms. The molecule has 0 saturated carbocycles. The molecule has 1 amide bonds. The molecule has 0 aliphatic carbocycles. The molecule has 1 atom stereocenters. The number of alkyl halides is 3. The summed E-state index contributed by atoms with van der Waals surface area (Å²) in [5.41, 5.74) is 5.58. The zero-order valence-electron chi connectivity index (χ0n) is 8.16. The lowest BCUT2D eigenvalue weighted by atomic mass is 9.95. The number of nitrogens with two attached hydrogens (primary N) is 1. The molecule has 1 aromatic rings. The summed E-state index contributed by atoms with van der Waals surface area (Å²) in [6.45, 7) is 0. The minimum absolute atomic E-state index is 0.0412. The van der Waals surface area contributed by atoms with Crippen LogP contribution >= 0.6 is 34.8 Å². The van der Waals surface area contributed by atoms with E-state index in [9.17, 15) is 9.90 Å². The Hall–Kier alpha value is -0.640. The average molecular weight is 283 g/mol. The van der Waals surface area contributed by atoms with E-state index in [1.807, 2.05) is 0 Å². The number of para-hydroxylation sites is 1. The van der Waals surface area contributed by atoms with Crippen molar-refractivity contribution in [3.8, 4) is 5.75 Å². The van der Waals surface area contributed by atoms with Gasteiger partial charge in [0.1, 0.15) is 5.75 Å². The standard InChI is InChI=1S/C10H10Cl3NO2/c11-10(12,13)5-7(9(14)16)6-3-1-2-4-8(6)15/h1-4,7,15H,5H2,(H2,14,16). The fourth-order valence-corrected chi connectivity index (χ4v) is 1.84. The maximum atomic E-state index is 11.3. The number of hydrogen-bond donors (Lipinski definition) is 2. The molecule has 1 unspecified atom stereocenters. The molecule has 0 aliphatic rings. The van der Waals surface area contributed by atoms with E-state index in [1.54, 1.807) is 18.2 Å². The first-order chi connectivity index (χ1) is 7.31. The monoisotopic (exact) mass is 281 g/mol. The van der Waals surface area contributed by atoms with Gasteiger partial charge in [0, 0.05) is 12.0 Å². The van der Waals surface area contributed by atoms with Crippen molar-refractivity contribution in [1.29, 1.82) is 0 Å². The minimum atomic E-state index is -1.60. The summed E-state index contributed by atoms with van der Waals surface area (Å²) in [6, 6.07) is 6.32. The average Bonchev–Trinajstić information content (AvgIpc) is 2.13. The summed E-state index contributed by atoms with van der Waals surface area (Å²) >= 11 is 16.8. The minimum Gasteiger partial charge on any atom is -0.508 e. The largest absolute Gasteiger partial charge is 0.508 e. The smallest absolute Gasteiger partial charge is 0.225 e. The lowest BCUT2D eigenvalue weighted by molar-refractivity contribution is -0.119. The van der Waals surface area contributed by atoms with Crippen LogP contribution in [0.1, 0.15) is 17.9 Å². The van der Waals surface area contributed by atoms with Gasteiger partial charge in [0.2, 0.25) is 5.91 Å². The van der Waals surface area contributed by atoms with Gasteiger partial charge in [-0.1, -0.05) is 53.0 Å². The highest BCUT2D eigenvalue weighted by Crippen LogP contribution is 2.39. The van der Waals surface area contributed by atoms with Crippen molar-refractivity contribution in [2.45, 2.75) is 16.1 Å². The van der Waals surface area contributed by atoms with Crippen molar-refractivity contribution in [3.63, 3.8) is 0 Å². The number of phenolic OH excluding ortho intramolecular Hbond substituents is 1. The molecule has 6 heteroatoms. The maximum Gasteiger partial charge on any atom is 0.225 e. The zero-order valence-corrected chi connectivity index (χ0v) is 10.4. The fraction of sp³-hybridized carbons (Fsp3) is 0.300. The summed E-state index contributed by atoms with van der Waals surface area (Å²) in [5.74, 6) is -1.51. The van der Waals surface area contributed by atoms with Gasteiger partial charge < -0.3 is 10.8 Å². The molecular weight excluding hydrogens is 272 g/mol. The lowest BCUT2D eigenvalue weighted by Gasteiger charge is -2.19. The third kappa shape index (κ3) is 3.74. The van der Waals surface area contributed by atoms with E-state index in [4.69, 9.17) is 40.5 Å². The second kappa shape index (κ2) is 5.13. The number of hydrogen-bond acceptors (Lipinski definition) is 2. The predicted octanol–water partition coefficient (Wildman–Crippen LogP) is 2.72. The Labute approximate surface area is 108 Å². The molecule has 0 bridgehead atoms. The van der Waals surface area contributed by atoms with Gasteiger partial charge in [-0.2, -0.15) is 0 Å². The van der Waals surface area contributed by atoms with Crippen molar-refractivity contribution >= 4 is 40.7 Å². The predicted molar refractivity (Wildman–Crippen MR) is 64.9 cm³/mol. The zero-order chi connectivity index (χ0) is 12.3. The molecule has 0 spiro atoms. The Bertz CT molecular complexity index is 390. The van der Waals surface area contributed by atoms with E-state index in [2.05, 4.69) is 0 Å². The van der Waals surface area contributed by atoms with Crippen LogP contribution in [-0.2, 0) is 4.79 Å². The summed E-state index contributed by atoms with van der Waals surface area (Å²) in [4.78, 5) is 11.3. The molecular formula is C10H10Cl3NO2. The Morgan fingerprint density at radius 2 is 1.94 bits per heavy atom. The van der Waals surface area contributed by atoms with E-state index in [1.165, 1.54) is 6.07 Å². The molecule has 0 fully saturated rings. The Morgan fingerprint density at radius 3 is 2.38 bits per heavy atom. The number of aromatic hydroxyl groups is 1. The Balaban J connectivity index is 3.04. The molecule has 88 valence electrons. The van der Waals surface area contributed by atoms with E-state index >= 15 is 0 Å². The molecule has 0 aliphatic heterocycles. The highest BCUT2D eigenvalue weighted by molar-refractivity contribution is 6.67. The third-order valence-electron chi connectivity index (χ3n) is 2.09. The molecule has 3 nitrogen and oxygen atoms in total. The number of amides is 1. The van der Waals surface area contributed by atoms with E-state index in [0.717, 1.165) is 0 Å². The van der Waals surface area contributed by atoms with Crippen LogP contribution in [0.25, 0.3) is 0 Å². The van der Waals surface area contributed by atoms with Gasteiger partial charge in [0.25, 0.3) is 0 Å². The third-order valence-corrected chi connectivity index (χ3v) is 2.55. The number of benzene rings is 1. The molecule has 3 N–H and O–H groups in total. The summed E-state index contributed by atoms with van der Waals surface area (Å²) in [6.07, 6.45) is -0.0788. The van der Waals surface area contributed by atoms with Crippen LogP contribution in [-0.4, -0.2) is 14.8 Å². The van der Waals surface area contributed by atoms with Gasteiger partial charge in [-0.15, -0.1) is 0 Å². The molecule has 1 aromatic carbocycles. The van der Waals surface area contributed by atoms with Crippen LogP contribution in [0.15, 0.2) is 24.3 Å². The number of carbonyl (C=O) groups excluding carboxylic acids is 1. The lowest BCUT2D eigenvalue weighted by Crippen LogP contribution is -2.25. The molecule has 0 heterocycles. The van der Waals surface area contributed by atoms with E-state index in [0.29, 0.717) is 5.56 Å². The van der Waals surface area contributed by atoms with E-state index in [-0.39, 0.29) is 12.2 Å². The Kier molecular flexibility index (Phi) is 4.30. The van der Waals surface area contributed by atoms with Crippen molar-refractivity contribution in [2.24, 2.45) is 5.73 Å². The highest BCUT2D eigenvalue weighted by atomic mass is 35.6. The first-order valence-electron chi connectivity index (χ1n) is 4.45. The first-order valence-corrected chi connectivity index (χ1v) is 5.58. The number of halogens is 3. The van der Waals surface area contributed by atoms with Crippen molar-refractivity contribution in [2.75, 3.05) is 0 Å². The molecule has 0 saturated heterocycles. The van der Waals surface area contributed by atoms with Gasteiger partial charge in [0.15, 0.2) is 3.79 Å². The second-order valence-corrected chi connectivity index (χ2v) is 5.85. The SMILES string of the molecule is NC(=O)C(CC(Cl)(Cl)Cl)c1ccccc1O. The van der Waals surface area contributed by atoms with Crippen molar-refractivity contribution in [1.82, 2.24) is 0 Å². The summed E-state index contributed by atoms with van der Waals surface area (Å²) in [7, 11) is 0. The van der Waals surface area contributed by atoms with Crippen molar-refractivity contribution in [3.05, 3.63) is 29.8 Å². The quantitative estimate of drug-likeness (QED) is 0.837. The first kappa shape index (κ1) is 13.4. The van der Waals surface area contributed by atoms with Crippen LogP contribution in [0, 0.1) is 0 Å². The molecule has 1 rings (SSSR count). The fourth-order valence-electron chi connectivity index (χ4n) is 1.38. The normalized spacial score (nSPS) is 13.4. The Morgan fingerprint density at radius 1 is 1.38 bits per heavy atom. The van der Waals surface area contributed by atoms with Crippen LogP contribution < -0.4 is 5.73 Å². The highest BCUT2D eigenvalue weighted by Gasteiger charge is 2.31. The van der Waals surface area contributed by atoms with Gasteiger partial charge in [0.05, 0.1) is 5.92 Å². The van der Waals surface area contributed by atoms with Crippen LogP contribution in [0.3, 0.4) is 0 Å². The van der Waals surface area contributed by atoms with Crippen LogP contribution in [0.5, 0.6) is 5.75 Å². The molecule has 0 aromatic heterocycles. The number of phenols is 1. The number of rotatable bonds is 3. The molecule has 0 radical (unpaired) electrons. The van der Waals surface area contributed by atoms with Gasteiger partial charge in [-0.25, -0.2) is 0 Å². The summed E-state index contributed by atoms with van der Waals surface area (Å²) in [5, 5.41) is 9.59. The second-order valence-electron chi connectivity index (χ2n) is 3.33. The van der Waals surface area contributed by atoms with Gasteiger partial charge in [-0.3, -0.25) is 4.79 Å². The topological polar surface area (TPSA) is 63.3 Å². The number of primary amides is 1. The van der Waals surface area contributed by atoms with Gasteiger partial charge >= 0.3 is 0 Å². The van der Waals surface area contributed by atoms with Gasteiger partial charge in [-0.05, 0) is 6.07 Å². The van der Waals surface area contributed by atoms with Crippen molar-refractivity contribution < 1.29 is 9.90 Å². The van der Waals surface area contributed by atoms with Crippen LogP contribution in [0.4, 0.5) is 0 Å². The summed E-state index contributed by atoms with van der Waals surface area (Å²) < 4.78 is -1.60. The maximum absolute atomic E-state index is 11.3. The van der Waals surface area contributed by atoms with E-state index < -0.39 is 15.6 Å². The number of carbonyl (C=O) groups is 1.